The zero-order chi connectivity index (χ0) is 15.6. The Balaban J connectivity index is 2.13. The van der Waals surface area contributed by atoms with Crippen LogP contribution in [-0.2, 0) is 6.54 Å². The number of carbonyl (C=O) groups excluding carboxylic acids is 1. The maximum absolute atomic E-state index is 13.6. The van der Waals surface area contributed by atoms with Gasteiger partial charge in [-0.1, -0.05) is 23.8 Å². The van der Waals surface area contributed by atoms with Crippen LogP contribution in [0.25, 0.3) is 0 Å². The molecule has 0 radical (unpaired) electrons. The van der Waals surface area contributed by atoms with Crippen molar-refractivity contribution in [3.05, 3.63) is 64.0 Å². The van der Waals surface area contributed by atoms with Gasteiger partial charge in [0.15, 0.2) is 0 Å². The molecular formula is C17H19FN2O. The van der Waals surface area contributed by atoms with Gasteiger partial charge in [-0.15, -0.1) is 0 Å². The predicted molar refractivity (Wildman–Crippen MR) is 82.6 cm³/mol. The molecule has 0 aliphatic heterocycles. The summed E-state index contributed by atoms with van der Waals surface area (Å²) in [5.74, 6) is -0.427. The van der Waals surface area contributed by atoms with Gasteiger partial charge < -0.3 is 11.1 Å². The molecule has 0 bridgehead atoms. The first-order chi connectivity index (χ1) is 9.88. The summed E-state index contributed by atoms with van der Waals surface area (Å²) in [5, 5.41) is 2.82. The number of hydrogen-bond donors (Lipinski definition) is 2. The molecule has 21 heavy (non-hydrogen) atoms. The van der Waals surface area contributed by atoms with Gasteiger partial charge in [0.1, 0.15) is 5.82 Å². The summed E-state index contributed by atoms with van der Waals surface area (Å²) in [4.78, 5) is 12.2. The Morgan fingerprint density at radius 3 is 2.38 bits per heavy atom. The quantitative estimate of drug-likeness (QED) is 0.851. The molecule has 2 rings (SSSR count). The maximum Gasteiger partial charge on any atom is 0.253 e. The average Bonchev–Trinajstić information content (AvgIpc) is 2.44. The Bertz CT molecular complexity index is 672. The summed E-state index contributed by atoms with van der Waals surface area (Å²) in [6.45, 7) is 5.68. The lowest BCUT2D eigenvalue weighted by Gasteiger charge is -2.10. The van der Waals surface area contributed by atoms with Gasteiger partial charge in [-0.2, -0.15) is 0 Å². The lowest BCUT2D eigenvalue weighted by atomic mass is 10.1. The van der Waals surface area contributed by atoms with Crippen LogP contribution >= 0.6 is 0 Å². The predicted octanol–water partition coefficient (Wildman–Crippen LogP) is 3.26. The van der Waals surface area contributed by atoms with Crippen molar-refractivity contribution in [1.82, 2.24) is 5.32 Å². The number of rotatable bonds is 3. The molecule has 3 N–H and O–H groups in total. The molecule has 4 heteroatoms. The SMILES string of the molecule is Cc1ccc(N)c(C(=O)NCc2cc(C)c(F)c(C)c2)c1. The lowest BCUT2D eigenvalue weighted by molar-refractivity contribution is 0.0951. The van der Waals surface area contributed by atoms with Crippen LogP contribution in [0.2, 0.25) is 0 Å². The van der Waals surface area contributed by atoms with Crippen molar-refractivity contribution < 1.29 is 9.18 Å². The van der Waals surface area contributed by atoms with Crippen molar-refractivity contribution in [3.63, 3.8) is 0 Å². The van der Waals surface area contributed by atoms with E-state index in [9.17, 15) is 9.18 Å². The Morgan fingerprint density at radius 2 is 1.76 bits per heavy atom. The van der Waals surface area contributed by atoms with Crippen molar-refractivity contribution in [2.24, 2.45) is 0 Å². The number of nitrogen functional groups attached to an aromatic ring is 1. The molecule has 0 saturated carbocycles. The molecule has 0 spiro atoms. The molecule has 0 unspecified atom stereocenters. The van der Waals surface area contributed by atoms with Crippen LogP contribution in [0.15, 0.2) is 30.3 Å². The zero-order valence-corrected chi connectivity index (χ0v) is 12.5. The number of halogens is 1. The number of nitrogens with one attached hydrogen (secondary N) is 1. The molecule has 0 aliphatic rings. The van der Waals surface area contributed by atoms with Crippen LogP contribution in [0.1, 0.15) is 32.6 Å². The highest BCUT2D eigenvalue weighted by atomic mass is 19.1. The fraction of sp³-hybridized carbons (Fsp3) is 0.235. The van der Waals surface area contributed by atoms with Crippen LogP contribution in [0, 0.1) is 26.6 Å². The highest BCUT2D eigenvalue weighted by Gasteiger charge is 2.10. The fourth-order valence-electron chi connectivity index (χ4n) is 2.28. The van der Waals surface area contributed by atoms with E-state index < -0.39 is 0 Å². The van der Waals surface area contributed by atoms with Gasteiger partial charge >= 0.3 is 0 Å². The molecule has 0 fully saturated rings. The average molecular weight is 286 g/mol. The Hall–Kier alpha value is -2.36. The molecule has 0 atom stereocenters. The second kappa shape index (κ2) is 5.95. The highest BCUT2D eigenvalue weighted by molar-refractivity contribution is 5.99. The van der Waals surface area contributed by atoms with E-state index in [4.69, 9.17) is 5.73 Å². The first kappa shape index (κ1) is 15.0. The number of benzene rings is 2. The summed E-state index contributed by atoms with van der Waals surface area (Å²) in [6, 6.07) is 8.81. The molecule has 1 amide bonds. The monoisotopic (exact) mass is 286 g/mol. The molecule has 3 nitrogen and oxygen atoms in total. The molecule has 2 aromatic carbocycles. The van der Waals surface area contributed by atoms with E-state index in [2.05, 4.69) is 5.32 Å². The molecule has 0 heterocycles. The third-order valence-corrected chi connectivity index (χ3v) is 3.40. The van der Waals surface area contributed by atoms with Crippen LogP contribution < -0.4 is 11.1 Å². The van der Waals surface area contributed by atoms with Crippen LogP contribution in [-0.4, -0.2) is 5.91 Å². The zero-order valence-electron chi connectivity index (χ0n) is 12.5. The molecule has 0 saturated heterocycles. The second-order valence-corrected chi connectivity index (χ2v) is 5.32. The van der Waals surface area contributed by atoms with Gasteiger partial charge in [0.2, 0.25) is 0 Å². The topological polar surface area (TPSA) is 55.1 Å². The van der Waals surface area contributed by atoms with Crippen molar-refractivity contribution in [3.8, 4) is 0 Å². The Kier molecular flexibility index (Phi) is 4.26. The summed E-state index contributed by atoms with van der Waals surface area (Å²) >= 11 is 0. The van der Waals surface area contributed by atoms with E-state index in [0.717, 1.165) is 11.1 Å². The van der Waals surface area contributed by atoms with Crippen molar-refractivity contribution in [2.45, 2.75) is 27.3 Å². The molecule has 110 valence electrons. The third kappa shape index (κ3) is 3.40. The minimum atomic E-state index is -0.226. The van der Waals surface area contributed by atoms with Crippen molar-refractivity contribution in [2.75, 3.05) is 5.73 Å². The highest BCUT2D eigenvalue weighted by Crippen LogP contribution is 2.16. The number of hydrogen-bond acceptors (Lipinski definition) is 2. The van der Waals surface area contributed by atoms with E-state index in [1.54, 1.807) is 38.1 Å². The van der Waals surface area contributed by atoms with E-state index in [1.807, 2.05) is 13.0 Å². The number of anilines is 1. The summed E-state index contributed by atoms with van der Waals surface area (Å²) in [6.07, 6.45) is 0. The summed E-state index contributed by atoms with van der Waals surface area (Å²) in [5.41, 5.74) is 9.73. The van der Waals surface area contributed by atoms with Crippen LogP contribution in [0.5, 0.6) is 0 Å². The van der Waals surface area contributed by atoms with E-state index in [-0.39, 0.29) is 11.7 Å². The van der Waals surface area contributed by atoms with Crippen LogP contribution in [0.4, 0.5) is 10.1 Å². The van der Waals surface area contributed by atoms with Gasteiger partial charge in [-0.25, -0.2) is 4.39 Å². The van der Waals surface area contributed by atoms with Crippen LogP contribution in [0.3, 0.4) is 0 Å². The summed E-state index contributed by atoms with van der Waals surface area (Å²) in [7, 11) is 0. The first-order valence-electron chi connectivity index (χ1n) is 6.78. The van der Waals surface area contributed by atoms with E-state index in [0.29, 0.717) is 28.9 Å². The number of aryl methyl sites for hydroxylation is 3. The minimum absolute atomic E-state index is 0.201. The van der Waals surface area contributed by atoms with Gasteiger partial charge in [-0.3, -0.25) is 4.79 Å². The molecule has 0 aliphatic carbocycles. The largest absolute Gasteiger partial charge is 0.398 e. The van der Waals surface area contributed by atoms with E-state index in [1.165, 1.54) is 0 Å². The third-order valence-electron chi connectivity index (χ3n) is 3.40. The Morgan fingerprint density at radius 1 is 1.14 bits per heavy atom. The van der Waals surface area contributed by atoms with Crippen molar-refractivity contribution in [1.29, 1.82) is 0 Å². The molecule has 0 aromatic heterocycles. The lowest BCUT2D eigenvalue weighted by Crippen LogP contribution is -2.24. The Labute approximate surface area is 124 Å². The number of amides is 1. The maximum atomic E-state index is 13.6. The number of carbonyl (C=O) groups is 1. The standard InChI is InChI=1S/C17H19FN2O/c1-10-4-5-15(19)14(6-10)17(21)20-9-13-7-11(2)16(18)12(3)8-13/h4-8H,9,19H2,1-3H3,(H,20,21). The van der Waals surface area contributed by atoms with Gasteiger partial charge in [-0.05, 0) is 49.6 Å². The fourth-order valence-corrected chi connectivity index (χ4v) is 2.28. The minimum Gasteiger partial charge on any atom is -0.398 e. The van der Waals surface area contributed by atoms with Gasteiger partial charge in [0.25, 0.3) is 5.91 Å². The summed E-state index contributed by atoms with van der Waals surface area (Å²) < 4.78 is 13.6. The molecular weight excluding hydrogens is 267 g/mol. The normalized spacial score (nSPS) is 10.5. The van der Waals surface area contributed by atoms with Crippen molar-refractivity contribution >= 4 is 11.6 Å². The second-order valence-electron chi connectivity index (χ2n) is 5.32. The first-order valence-corrected chi connectivity index (χ1v) is 6.78. The smallest absolute Gasteiger partial charge is 0.253 e. The van der Waals surface area contributed by atoms with E-state index >= 15 is 0 Å². The van der Waals surface area contributed by atoms with Gasteiger partial charge in [0.05, 0.1) is 5.56 Å². The van der Waals surface area contributed by atoms with Gasteiger partial charge in [0, 0.05) is 12.2 Å². The number of nitrogens with two attached hydrogens (primary N) is 1. The molecule has 2 aromatic rings.